The third kappa shape index (κ3) is 5.03. The lowest BCUT2D eigenvalue weighted by Crippen LogP contribution is -2.31. The van der Waals surface area contributed by atoms with Crippen LogP contribution in [-0.2, 0) is 9.53 Å². The van der Waals surface area contributed by atoms with E-state index in [1.807, 2.05) is 24.3 Å². The molecule has 0 fully saturated rings. The van der Waals surface area contributed by atoms with Gasteiger partial charge in [0.1, 0.15) is 0 Å². The standard InChI is InChI=1S/C11H13IN2O3/c1-17-10(15)6-7-13-11(16)14-9-5-3-2-4-8(9)12/h2-5H,6-7H2,1H3,(H2,13,14,16). The SMILES string of the molecule is COC(=O)CCNC(=O)Nc1ccccc1I. The highest BCUT2D eigenvalue weighted by molar-refractivity contribution is 14.1. The van der Waals surface area contributed by atoms with Gasteiger partial charge in [0.25, 0.3) is 0 Å². The number of methoxy groups -OCH3 is 1. The number of ether oxygens (including phenoxy) is 1. The molecule has 1 rings (SSSR count). The first-order valence-corrected chi connectivity index (χ1v) is 6.07. The Labute approximate surface area is 113 Å². The van der Waals surface area contributed by atoms with Gasteiger partial charge >= 0.3 is 12.0 Å². The Kier molecular flexibility index (Phi) is 5.75. The number of para-hydroxylation sites is 1. The molecule has 0 unspecified atom stereocenters. The van der Waals surface area contributed by atoms with Gasteiger partial charge in [-0.1, -0.05) is 12.1 Å². The van der Waals surface area contributed by atoms with Gasteiger partial charge in [0.15, 0.2) is 0 Å². The number of anilines is 1. The minimum atomic E-state index is -0.348. The first-order chi connectivity index (χ1) is 8.13. The molecule has 1 aromatic carbocycles. The largest absolute Gasteiger partial charge is 0.469 e. The van der Waals surface area contributed by atoms with Crippen LogP contribution in [0.5, 0.6) is 0 Å². The molecule has 0 aliphatic carbocycles. The van der Waals surface area contributed by atoms with Crippen molar-refractivity contribution in [1.29, 1.82) is 0 Å². The van der Waals surface area contributed by atoms with Crippen molar-refractivity contribution in [2.75, 3.05) is 19.0 Å². The fourth-order valence-corrected chi connectivity index (χ4v) is 1.63. The van der Waals surface area contributed by atoms with Crippen LogP contribution in [0.4, 0.5) is 10.5 Å². The molecule has 0 aromatic heterocycles. The quantitative estimate of drug-likeness (QED) is 0.646. The number of carbonyl (C=O) groups is 2. The van der Waals surface area contributed by atoms with Gasteiger partial charge in [0.2, 0.25) is 0 Å². The maximum absolute atomic E-state index is 11.5. The van der Waals surface area contributed by atoms with E-state index in [9.17, 15) is 9.59 Å². The second kappa shape index (κ2) is 7.10. The summed E-state index contributed by atoms with van der Waals surface area (Å²) in [5.41, 5.74) is 0.740. The molecule has 5 nitrogen and oxygen atoms in total. The molecule has 6 heteroatoms. The molecule has 2 amide bonds. The van der Waals surface area contributed by atoms with E-state index in [-0.39, 0.29) is 25.0 Å². The van der Waals surface area contributed by atoms with E-state index >= 15 is 0 Å². The highest BCUT2D eigenvalue weighted by Crippen LogP contribution is 2.16. The number of esters is 1. The zero-order valence-electron chi connectivity index (χ0n) is 9.33. The summed E-state index contributed by atoms with van der Waals surface area (Å²) in [6.07, 6.45) is 0.163. The maximum atomic E-state index is 11.5. The molecule has 2 N–H and O–H groups in total. The van der Waals surface area contributed by atoms with Gasteiger partial charge in [-0.25, -0.2) is 4.79 Å². The number of rotatable bonds is 4. The van der Waals surface area contributed by atoms with Crippen molar-refractivity contribution in [2.24, 2.45) is 0 Å². The summed E-state index contributed by atoms with van der Waals surface area (Å²) in [7, 11) is 1.31. The van der Waals surface area contributed by atoms with Crippen molar-refractivity contribution < 1.29 is 14.3 Å². The lowest BCUT2D eigenvalue weighted by molar-refractivity contribution is -0.140. The summed E-state index contributed by atoms with van der Waals surface area (Å²) in [5, 5.41) is 5.26. The zero-order valence-corrected chi connectivity index (χ0v) is 11.5. The van der Waals surface area contributed by atoms with Crippen LogP contribution < -0.4 is 10.6 Å². The molecule has 0 bridgehead atoms. The molecule has 92 valence electrons. The Morgan fingerprint density at radius 1 is 1.35 bits per heavy atom. The fourth-order valence-electron chi connectivity index (χ4n) is 1.11. The Morgan fingerprint density at radius 2 is 2.06 bits per heavy atom. The predicted molar refractivity (Wildman–Crippen MR) is 72.8 cm³/mol. The summed E-state index contributed by atoms with van der Waals surface area (Å²) in [6.45, 7) is 0.252. The lowest BCUT2D eigenvalue weighted by Gasteiger charge is -2.08. The molecule has 0 aliphatic rings. The normalized spacial score (nSPS) is 9.53. The number of carbonyl (C=O) groups excluding carboxylic acids is 2. The average molecular weight is 348 g/mol. The van der Waals surface area contributed by atoms with E-state index in [1.165, 1.54) is 7.11 Å². The molecular formula is C11H13IN2O3. The van der Waals surface area contributed by atoms with Crippen molar-refractivity contribution in [3.8, 4) is 0 Å². The van der Waals surface area contributed by atoms with Crippen LogP contribution in [0.2, 0.25) is 0 Å². The van der Waals surface area contributed by atoms with E-state index < -0.39 is 0 Å². The smallest absolute Gasteiger partial charge is 0.319 e. The molecule has 1 aromatic rings. The van der Waals surface area contributed by atoms with Crippen LogP contribution in [0.25, 0.3) is 0 Å². The molecule has 0 aliphatic heterocycles. The molecule has 0 atom stereocenters. The van der Waals surface area contributed by atoms with Crippen LogP contribution in [0.1, 0.15) is 6.42 Å². The molecule has 0 saturated carbocycles. The van der Waals surface area contributed by atoms with Gasteiger partial charge in [-0.2, -0.15) is 0 Å². The molecule has 0 heterocycles. The van der Waals surface area contributed by atoms with Crippen molar-refractivity contribution in [3.05, 3.63) is 27.8 Å². The van der Waals surface area contributed by atoms with E-state index in [1.54, 1.807) is 0 Å². The van der Waals surface area contributed by atoms with Crippen LogP contribution >= 0.6 is 22.6 Å². The van der Waals surface area contributed by atoms with Crippen molar-refractivity contribution >= 4 is 40.3 Å². The number of urea groups is 1. The van der Waals surface area contributed by atoms with Crippen molar-refractivity contribution in [2.45, 2.75) is 6.42 Å². The summed E-state index contributed by atoms with van der Waals surface area (Å²) in [5.74, 6) is -0.348. The van der Waals surface area contributed by atoms with E-state index in [2.05, 4.69) is 38.0 Å². The Hall–Kier alpha value is -1.31. The van der Waals surface area contributed by atoms with Crippen molar-refractivity contribution in [3.63, 3.8) is 0 Å². The van der Waals surface area contributed by atoms with Gasteiger partial charge in [-0.3, -0.25) is 4.79 Å². The summed E-state index contributed by atoms with van der Waals surface area (Å²) < 4.78 is 5.41. The minimum Gasteiger partial charge on any atom is -0.469 e. The number of benzene rings is 1. The summed E-state index contributed by atoms with van der Waals surface area (Å²) in [4.78, 5) is 22.3. The Balaban J connectivity index is 2.35. The van der Waals surface area contributed by atoms with Crippen LogP contribution in [0.3, 0.4) is 0 Å². The number of amides is 2. The fraction of sp³-hybridized carbons (Fsp3) is 0.273. The number of halogens is 1. The number of hydrogen-bond donors (Lipinski definition) is 2. The van der Waals surface area contributed by atoms with Crippen LogP contribution in [0.15, 0.2) is 24.3 Å². The minimum absolute atomic E-state index is 0.163. The van der Waals surface area contributed by atoms with E-state index in [0.29, 0.717) is 0 Å². The van der Waals surface area contributed by atoms with Gasteiger partial charge in [-0.05, 0) is 34.7 Å². The number of hydrogen-bond acceptors (Lipinski definition) is 3. The van der Waals surface area contributed by atoms with Crippen LogP contribution in [0, 0.1) is 3.57 Å². The average Bonchev–Trinajstić information content (AvgIpc) is 2.32. The zero-order chi connectivity index (χ0) is 12.7. The summed E-state index contributed by atoms with van der Waals surface area (Å²) >= 11 is 2.13. The molecular weight excluding hydrogens is 335 g/mol. The number of nitrogens with one attached hydrogen (secondary N) is 2. The molecule has 0 spiro atoms. The first-order valence-electron chi connectivity index (χ1n) is 4.99. The topological polar surface area (TPSA) is 67.4 Å². The molecule has 0 saturated heterocycles. The first kappa shape index (κ1) is 13.8. The third-order valence-corrected chi connectivity index (χ3v) is 2.91. The van der Waals surface area contributed by atoms with Gasteiger partial charge in [0.05, 0.1) is 19.2 Å². The Morgan fingerprint density at radius 3 is 2.71 bits per heavy atom. The summed E-state index contributed by atoms with van der Waals surface area (Å²) in [6, 6.07) is 7.10. The second-order valence-electron chi connectivity index (χ2n) is 3.19. The van der Waals surface area contributed by atoms with Crippen LogP contribution in [-0.4, -0.2) is 25.7 Å². The second-order valence-corrected chi connectivity index (χ2v) is 4.35. The van der Waals surface area contributed by atoms with Crippen molar-refractivity contribution in [1.82, 2.24) is 5.32 Å². The van der Waals surface area contributed by atoms with Gasteiger partial charge < -0.3 is 15.4 Å². The van der Waals surface area contributed by atoms with E-state index in [0.717, 1.165) is 9.26 Å². The van der Waals surface area contributed by atoms with E-state index in [4.69, 9.17) is 0 Å². The maximum Gasteiger partial charge on any atom is 0.319 e. The highest BCUT2D eigenvalue weighted by atomic mass is 127. The molecule has 17 heavy (non-hydrogen) atoms. The predicted octanol–water partition coefficient (Wildman–Crippen LogP) is 1.98. The monoisotopic (exact) mass is 348 g/mol. The molecule has 0 radical (unpaired) electrons. The highest BCUT2D eigenvalue weighted by Gasteiger charge is 2.05. The van der Waals surface area contributed by atoms with Gasteiger partial charge in [0, 0.05) is 10.1 Å². The lowest BCUT2D eigenvalue weighted by atomic mass is 10.3. The Bertz CT molecular complexity index is 409. The third-order valence-electron chi connectivity index (χ3n) is 1.96. The van der Waals surface area contributed by atoms with Gasteiger partial charge in [-0.15, -0.1) is 0 Å².